The van der Waals surface area contributed by atoms with Crippen LogP contribution in [0.25, 0.3) is 0 Å². The van der Waals surface area contributed by atoms with Gasteiger partial charge >= 0.3 is 0 Å². The standard InChI is InChI=1S/C25H36FN5.HI/c1-19-14-23(12-13-31(19)17-20-8-6-5-7-9-20)29-25(27-2)28-16-21-10-11-24(26)22(15-21)18-30(3)4;/h5-11,15,19,23H,12-14,16-18H2,1-4H3,(H2,27,28,29);1H. The summed E-state index contributed by atoms with van der Waals surface area (Å²) in [7, 11) is 5.69. The van der Waals surface area contributed by atoms with Crippen LogP contribution in [-0.4, -0.2) is 55.5 Å². The molecule has 5 nitrogen and oxygen atoms in total. The summed E-state index contributed by atoms with van der Waals surface area (Å²) in [5.74, 6) is 0.642. The quantitative estimate of drug-likeness (QED) is 0.306. The fourth-order valence-electron chi connectivity index (χ4n) is 4.18. The molecule has 0 aromatic heterocycles. The third kappa shape index (κ3) is 8.01. The van der Waals surface area contributed by atoms with Crippen molar-refractivity contribution in [2.45, 2.75) is 51.5 Å². The van der Waals surface area contributed by atoms with Crippen LogP contribution in [-0.2, 0) is 19.6 Å². The van der Waals surface area contributed by atoms with Gasteiger partial charge in [0.15, 0.2) is 5.96 Å². The Kier molecular flexibility index (Phi) is 10.9. The van der Waals surface area contributed by atoms with Crippen LogP contribution in [0.5, 0.6) is 0 Å². The van der Waals surface area contributed by atoms with Gasteiger partial charge in [-0.05, 0) is 57.1 Å². The molecular weight excluding hydrogens is 516 g/mol. The molecule has 1 fully saturated rings. The highest BCUT2D eigenvalue weighted by molar-refractivity contribution is 14.0. The molecule has 2 aromatic carbocycles. The van der Waals surface area contributed by atoms with Crippen LogP contribution in [0.15, 0.2) is 53.5 Å². The number of nitrogens with zero attached hydrogens (tertiary/aromatic N) is 3. The topological polar surface area (TPSA) is 42.9 Å². The van der Waals surface area contributed by atoms with Crippen LogP contribution < -0.4 is 10.6 Å². The first-order chi connectivity index (χ1) is 14.9. The number of aliphatic imine (C=N–C) groups is 1. The van der Waals surface area contributed by atoms with Crippen molar-refractivity contribution in [3.8, 4) is 0 Å². The predicted molar refractivity (Wildman–Crippen MR) is 142 cm³/mol. The molecule has 0 amide bonds. The summed E-state index contributed by atoms with van der Waals surface area (Å²) < 4.78 is 14.0. The number of rotatable bonds is 7. The van der Waals surface area contributed by atoms with Gasteiger partial charge in [-0.2, -0.15) is 0 Å². The Labute approximate surface area is 209 Å². The molecule has 1 aliphatic heterocycles. The maximum atomic E-state index is 14.0. The second-order valence-corrected chi connectivity index (χ2v) is 8.76. The predicted octanol–water partition coefficient (Wildman–Crippen LogP) is 4.22. The normalized spacial score (nSPS) is 19.5. The summed E-state index contributed by atoms with van der Waals surface area (Å²) in [4.78, 5) is 8.92. The number of hydrogen-bond acceptors (Lipinski definition) is 3. The number of hydrogen-bond donors (Lipinski definition) is 2. The van der Waals surface area contributed by atoms with Crippen molar-refractivity contribution < 1.29 is 4.39 Å². The maximum Gasteiger partial charge on any atom is 0.191 e. The van der Waals surface area contributed by atoms with Crippen LogP contribution in [0.4, 0.5) is 4.39 Å². The van der Waals surface area contributed by atoms with Crippen molar-refractivity contribution in [2.75, 3.05) is 27.7 Å². The van der Waals surface area contributed by atoms with Crippen molar-refractivity contribution in [3.63, 3.8) is 0 Å². The minimum atomic E-state index is -0.156. The summed E-state index contributed by atoms with van der Waals surface area (Å²) in [6, 6.07) is 16.9. The van der Waals surface area contributed by atoms with Crippen LogP contribution in [0.2, 0.25) is 0 Å². The average Bonchev–Trinajstić information content (AvgIpc) is 2.75. The lowest BCUT2D eigenvalue weighted by atomic mass is 9.97. The van der Waals surface area contributed by atoms with E-state index in [-0.39, 0.29) is 29.8 Å². The summed E-state index contributed by atoms with van der Waals surface area (Å²) in [5.41, 5.74) is 3.13. The lowest BCUT2D eigenvalue weighted by Crippen LogP contribution is -2.51. The number of nitrogens with one attached hydrogen (secondary N) is 2. The molecule has 0 radical (unpaired) electrons. The molecule has 2 atom stereocenters. The van der Waals surface area contributed by atoms with E-state index in [1.165, 1.54) is 5.56 Å². The third-order valence-corrected chi connectivity index (χ3v) is 5.86. The molecule has 1 saturated heterocycles. The van der Waals surface area contributed by atoms with E-state index in [0.717, 1.165) is 37.5 Å². The smallest absolute Gasteiger partial charge is 0.191 e. The molecule has 7 heteroatoms. The van der Waals surface area contributed by atoms with Crippen molar-refractivity contribution in [1.29, 1.82) is 0 Å². The monoisotopic (exact) mass is 553 g/mol. The van der Waals surface area contributed by atoms with E-state index in [9.17, 15) is 4.39 Å². The van der Waals surface area contributed by atoms with Gasteiger partial charge in [0.2, 0.25) is 0 Å². The summed E-state index contributed by atoms with van der Waals surface area (Å²) in [5, 5.41) is 6.97. The molecule has 3 rings (SSSR count). The molecule has 1 aliphatic rings. The molecule has 2 N–H and O–H groups in total. The maximum absolute atomic E-state index is 14.0. The first-order valence-electron chi connectivity index (χ1n) is 11.1. The molecule has 32 heavy (non-hydrogen) atoms. The largest absolute Gasteiger partial charge is 0.354 e. The minimum absolute atomic E-state index is 0. The zero-order valence-corrected chi connectivity index (χ0v) is 22.0. The van der Waals surface area contributed by atoms with E-state index >= 15 is 0 Å². The van der Waals surface area contributed by atoms with Crippen LogP contribution in [0, 0.1) is 5.82 Å². The van der Waals surface area contributed by atoms with Crippen LogP contribution in [0.1, 0.15) is 36.5 Å². The van der Waals surface area contributed by atoms with Gasteiger partial charge in [-0.1, -0.05) is 36.4 Å². The Morgan fingerprint density at radius 3 is 2.56 bits per heavy atom. The van der Waals surface area contributed by atoms with Gasteiger partial charge in [-0.3, -0.25) is 9.89 Å². The van der Waals surface area contributed by atoms with Crippen molar-refractivity contribution in [2.24, 2.45) is 4.99 Å². The summed E-state index contributed by atoms with van der Waals surface area (Å²) >= 11 is 0. The molecule has 176 valence electrons. The van der Waals surface area contributed by atoms with Gasteiger partial charge in [0.25, 0.3) is 0 Å². The summed E-state index contributed by atoms with van der Waals surface area (Å²) in [6.07, 6.45) is 2.17. The molecular formula is C25H37FIN5. The molecule has 2 unspecified atom stereocenters. The number of benzene rings is 2. The Morgan fingerprint density at radius 2 is 1.91 bits per heavy atom. The zero-order valence-electron chi connectivity index (χ0n) is 19.6. The molecule has 2 aromatic rings. The van der Waals surface area contributed by atoms with E-state index in [1.807, 2.05) is 31.1 Å². The molecule has 0 saturated carbocycles. The van der Waals surface area contributed by atoms with Gasteiger partial charge in [0.1, 0.15) is 5.82 Å². The highest BCUT2D eigenvalue weighted by Gasteiger charge is 2.26. The first kappa shape index (κ1) is 26.5. The van der Waals surface area contributed by atoms with E-state index in [4.69, 9.17) is 0 Å². The van der Waals surface area contributed by atoms with E-state index < -0.39 is 0 Å². The van der Waals surface area contributed by atoms with Gasteiger partial charge in [-0.15, -0.1) is 24.0 Å². The molecule has 0 aliphatic carbocycles. The van der Waals surface area contributed by atoms with Gasteiger partial charge < -0.3 is 15.5 Å². The number of guanidine groups is 1. The Bertz CT molecular complexity index is 859. The second-order valence-electron chi connectivity index (χ2n) is 8.76. The SMILES string of the molecule is CN=C(NCc1ccc(F)c(CN(C)C)c1)NC1CCN(Cc2ccccc2)C(C)C1.I. The Morgan fingerprint density at radius 1 is 1.16 bits per heavy atom. The highest BCUT2D eigenvalue weighted by atomic mass is 127. The van der Waals surface area contributed by atoms with Crippen LogP contribution >= 0.6 is 24.0 Å². The number of likely N-dealkylation sites (tertiary alicyclic amines) is 1. The van der Waals surface area contributed by atoms with E-state index in [1.54, 1.807) is 13.1 Å². The van der Waals surface area contributed by atoms with Crippen LogP contribution in [0.3, 0.4) is 0 Å². The lowest BCUT2D eigenvalue weighted by Gasteiger charge is -2.38. The molecule has 0 spiro atoms. The first-order valence-corrected chi connectivity index (χ1v) is 11.1. The minimum Gasteiger partial charge on any atom is -0.354 e. The van der Waals surface area contributed by atoms with E-state index in [2.05, 4.69) is 57.8 Å². The second kappa shape index (κ2) is 13.1. The zero-order chi connectivity index (χ0) is 22.2. The fourth-order valence-corrected chi connectivity index (χ4v) is 4.18. The summed E-state index contributed by atoms with van der Waals surface area (Å²) in [6.45, 7) is 5.57. The Balaban J connectivity index is 0.00000363. The highest BCUT2D eigenvalue weighted by Crippen LogP contribution is 2.20. The van der Waals surface area contributed by atoms with Crippen molar-refractivity contribution in [3.05, 3.63) is 71.0 Å². The number of piperidine rings is 1. The average molecular weight is 554 g/mol. The van der Waals surface area contributed by atoms with Gasteiger partial charge in [0.05, 0.1) is 0 Å². The van der Waals surface area contributed by atoms with Crippen molar-refractivity contribution >= 4 is 29.9 Å². The van der Waals surface area contributed by atoms with E-state index in [0.29, 0.717) is 30.7 Å². The number of halogens is 2. The molecule has 1 heterocycles. The Hall–Kier alpha value is -1.71. The third-order valence-electron chi connectivity index (χ3n) is 5.86. The fraction of sp³-hybridized carbons (Fsp3) is 0.480. The van der Waals surface area contributed by atoms with Gasteiger partial charge in [-0.25, -0.2) is 4.39 Å². The molecule has 0 bridgehead atoms. The van der Waals surface area contributed by atoms with Gasteiger partial charge in [0, 0.05) is 50.9 Å². The van der Waals surface area contributed by atoms with Crippen molar-refractivity contribution in [1.82, 2.24) is 20.4 Å². The lowest BCUT2D eigenvalue weighted by molar-refractivity contribution is 0.134.